The van der Waals surface area contributed by atoms with Crippen LogP contribution in [0.3, 0.4) is 0 Å². The van der Waals surface area contributed by atoms with E-state index in [2.05, 4.69) is 26.0 Å². The maximum Gasteiger partial charge on any atom is 0.294 e. The Hall–Kier alpha value is -3.67. The molecule has 1 fully saturated rings. The first kappa shape index (κ1) is 23.1. The monoisotopic (exact) mass is 506 g/mol. The van der Waals surface area contributed by atoms with Crippen LogP contribution in [0.15, 0.2) is 24.4 Å². The van der Waals surface area contributed by atoms with Gasteiger partial charge in [-0.05, 0) is 43.9 Å². The molecule has 0 bridgehead atoms. The zero-order valence-corrected chi connectivity index (χ0v) is 18.8. The van der Waals surface area contributed by atoms with Crippen molar-refractivity contribution in [2.45, 2.75) is 44.2 Å². The molecule has 1 aliphatic heterocycles. The number of benzene rings is 1. The molecule has 3 aromatic rings. The second kappa shape index (κ2) is 8.52. The van der Waals surface area contributed by atoms with Gasteiger partial charge in [-0.25, -0.2) is 13.2 Å². The molecule has 0 spiro atoms. The summed E-state index contributed by atoms with van der Waals surface area (Å²) in [5, 5.41) is 15.0. The number of nitrogens with one attached hydrogen (secondary N) is 3. The number of hydrogen-bond acceptors (Lipinski definition) is 5. The van der Waals surface area contributed by atoms with E-state index in [9.17, 15) is 27.6 Å². The molecule has 2 aliphatic rings. The van der Waals surface area contributed by atoms with E-state index in [0.717, 1.165) is 18.2 Å². The average molecular weight is 507 g/mol. The van der Waals surface area contributed by atoms with E-state index in [4.69, 9.17) is 11.6 Å². The number of ketones is 1. The maximum absolute atomic E-state index is 13.6. The molecular formula is C22H18ClF3N6O3. The first-order valence-corrected chi connectivity index (χ1v) is 11.1. The fraction of sp³-hybridized carbons (Fsp3) is 0.318. The van der Waals surface area contributed by atoms with E-state index in [-0.39, 0.29) is 22.0 Å². The minimum absolute atomic E-state index is 0.0270. The van der Waals surface area contributed by atoms with E-state index < -0.39 is 40.9 Å². The molecule has 1 aliphatic carbocycles. The molecule has 13 heteroatoms. The molecule has 0 unspecified atom stereocenters. The Kier molecular flexibility index (Phi) is 5.62. The fourth-order valence-electron chi connectivity index (χ4n) is 4.37. The van der Waals surface area contributed by atoms with Gasteiger partial charge in [0.1, 0.15) is 17.2 Å². The molecule has 1 aromatic carbocycles. The Balaban J connectivity index is 1.42. The Morgan fingerprint density at radius 1 is 1.23 bits per heavy atom. The van der Waals surface area contributed by atoms with E-state index in [0.29, 0.717) is 43.6 Å². The van der Waals surface area contributed by atoms with Crippen molar-refractivity contribution in [1.82, 2.24) is 25.3 Å². The fourth-order valence-corrected chi connectivity index (χ4v) is 4.75. The molecular weight excluding hydrogens is 489 g/mol. The van der Waals surface area contributed by atoms with E-state index in [1.54, 1.807) is 0 Å². The molecule has 3 N–H and O–H groups in total. The van der Waals surface area contributed by atoms with Gasteiger partial charge < -0.3 is 15.2 Å². The van der Waals surface area contributed by atoms with Crippen molar-refractivity contribution in [1.29, 1.82) is 0 Å². The number of amides is 2. The van der Waals surface area contributed by atoms with Crippen molar-refractivity contribution in [2.75, 3.05) is 5.32 Å². The lowest BCUT2D eigenvalue weighted by atomic mass is 10.1. The number of aromatic amines is 1. The Labute approximate surface area is 201 Å². The molecule has 182 valence electrons. The van der Waals surface area contributed by atoms with Gasteiger partial charge in [0.15, 0.2) is 0 Å². The van der Waals surface area contributed by atoms with Crippen LogP contribution in [-0.4, -0.2) is 37.6 Å². The van der Waals surface area contributed by atoms with Crippen LogP contribution in [0.2, 0.25) is 5.02 Å². The minimum Gasteiger partial charge on any atom is -0.340 e. The smallest absolute Gasteiger partial charge is 0.294 e. The minimum atomic E-state index is -3.07. The number of halogens is 4. The van der Waals surface area contributed by atoms with Crippen LogP contribution in [-0.2, 0) is 23.3 Å². The van der Waals surface area contributed by atoms with Crippen molar-refractivity contribution < 1.29 is 27.6 Å². The van der Waals surface area contributed by atoms with Crippen LogP contribution in [0.5, 0.6) is 0 Å². The van der Waals surface area contributed by atoms with Crippen molar-refractivity contribution in [2.24, 2.45) is 0 Å². The molecule has 2 amide bonds. The number of carbonyl (C=O) groups is 3. The summed E-state index contributed by atoms with van der Waals surface area (Å²) >= 11 is 6.45. The highest BCUT2D eigenvalue weighted by Crippen LogP contribution is 2.44. The van der Waals surface area contributed by atoms with E-state index >= 15 is 0 Å². The largest absolute Gasteiger partial charge is 0.340 e. The highest BCUT2D eigenvalue weighted by Gasteiger charge is 2.49. The normalized spacial score (nSPS) is 15.7. The molecule has 5 rings (SSSR count). The molecule has 9 nitrogen and oxygen atoms in total. The predicted molar refractivity (Wildman–Crippen MR) is 117 cm³/mol. The van der Waals surface area contributed by atoms with Gasteiger partial charge >= 0.3 is 0 Å². The molecule has 3 heterocycles. The van der Waals surface area contributed by atoms with Gasteiger partial charge in [-0.15, -0.1) is 5.10 Å². The molecule has 35 heavy (non-hydrogen) atoms. The zero-order valence-electron chi connectivity index (χ0n) is 18.0. The predicted octanol–water partition coefficient (Wildman–Crippen LogP) is 3.52. The molecule has 2 aromatic heterocycles. The first-order chi connectivity index (χ1) is 16.7. The van der Waals surface area contributed by atoms with Crippen LogP contribution in [0.25, 0.3) is 0 Å². The molecule has 0 atom stereocenters. The van der Waals surface area contributed by atoms with Gasteiger partial charge in [0.25, 0.3) is 24.0 Å². The summed E-state index contributed by atoms with van der Waals surface area (Å²) in [5.41, 5.74) is -0.881. The van der Waals surface area contributed by atoms with Crippen molar-refractivity contribution >= 4 is 34.9 Å². The molecule has 0 radical (unpaired) electrons. The van der Waals surface area contributed by atoms with Gasteiger partial charge in [0, 0.05) is 24.1 Å². The lowest BCUT2D eigenvalue weighted by Crippen LogP contribution is -2.40. The van der Waals surface area contributed by atoms with Crippen LogP contribution >= 0.6 is 11.6 Å². The third-order valence-corrected chi connectivity index (χ3v) is 6.62. The van der Waals surface area contributed by atoms with Crippen LogP contribution in [0, 0.1) is 5.82 Å². The summed E-state index contributed by atoms with van der Waals surface area (Å²) in [6.07, 6.45) is 0.686. The Morgan fingerprint density at radius 3 is 2.66 bits per heavy atom. The highest BCUT2D eigenvalue weighted by molar-refractivity contribution is 6.48. The summed E-state index contributed by atoms with van der Waals surface area (Å²) in [6.45, 7) is 0.372. The lowest BCUT2D eigenvalue weighted by Gasteiger charge is -2.14. The summed E-state index contributed by atoms with van der Waals surface area (Å²) in [7, 11) is 0. The van der Waals surface area contributed by atoms with Crippen molar-refractivity contribution in [3.05, 3.63) is 63.4 Å². The third kappa shape index (κ3) is 3.97. The number of anilines is 1. The number of hydrogen-bond donors (Lipinski definition) is 3. The van der Waals surface area contributed by atoms with Gasteiger partial charge in [-0.3, -0.25) is 19.5 Å². The van der Waals surface area contributed by atoms with Gasteiger partial charge in [-0.2, -0.15) is 0 Å². The Morgan fingerprint density at radius 2 is 2.00 bits per heavy atom. The third-order valence-electron chi connectivity index (χ3n) is 6.25. The number of alkyl halides is 2. The SMILES string of the molecule is O=C(NC1(c2c[nH]nn2)CC1)C(=O)c1c(Cl)c(C(=O)Nc2ccc(F)c(C(F)F)c2)c2n1CCC2. The number of Topliss-reactive ketones (excluding diaryl/α,β-unsaturated/α-hetero) is 1. The molecule has 1 saturated carbocycles. The summed E-state index contributed by atoms with van der Waals surface area (Å²) in [4.78, 5) is 39.0. The number of nitrogens with zero attached hydrogens (tertiary/aromatic N) is 3. The van der Waals surface area contributed by atoms with Gasteiger partial charge in [-0.1, -0.05) is 16.8 Å². The second-order valence-electron chi connectivity index (χ2n) is 8.45. The summed E-state index contributed by atoms with van der Waals surface area (Å²) in [6, 6.07) is 2.80. The second-order valence-corrected chi connectivity index (χ2v) is 8.83. The number of aromatic nitrogens is 4. The van der Waals surface area contributed by atoms with Gasteiger partial charge in [0.2, 0.25) is 0 Å². The summed E-state index contributed by atoms with van der Waals surface area (Å²) < 4.78 is 41.2. The standard InChI is InChI=1S/C22H18ClF3N6O3/c23-16-15(20(34)28-10-3-4-12(24)11(8-10)19(25)26)13-2-1-7-32(13)17(16)18(33)21(35)29-22(5-6-22)14-9-27-31-30-14/h3-4,8-9,19H,1-2,5-7H2,(H,28,34)(H,29,35)(H,27,30,31). The highest BCUT2D eigenvalue weighted by atomic mass is 35.5. The number of rotatable bonds is 7. The van der Waals surface area contributed by atoms with Crippen molar-refractivity contribution in [3.63, 3.8) is 0 Å². The topological polar surface area (TPSA) is 122 Å². The first-order valence-electron chi connectivity index (χ1n) is 10.8. The number of fused-ring (bicyclic) bond motifs is 1. The number of carbonyl (C=O) groups excluding carboxylic acids is 3. The quantitative estimate of drug-likeness (QED) is 0.334. The zero-order chi connectivity index (χ0) is 24.9. The van der Waals surface area contributed by atoms with Crippen LogP contribution in [0.4, 0.5) is 18.9 Å². The maximum atomic E-state index is 13.6. The lowest BCUT2D eigenvalue weighted by molar-refractivity contribution is -0.118. The number of H-pyrrole nitrogens is 1. The molecule has 0 saturated heterocycles. The van der Waals surface area contributed by atoms with Crippen LogP contribution < -0.4 is 10.6 Å². The van der Waals surface area contributed by atoms with Crippen molar-refractivity contribution in [3.8, 4) is 0 Å². The average Bonchev–Trinajstić information content (AvgIpc) is 3.18. The van der Waals surface area contributed by atoms with E-state index in [1.807, 2.05) is 0 Å². The summed E-state index contributed by atoms with van der Waals surface area (Å²) in [5.74, 6) is -3.66. The van der Waals surface area contributed by atoms with Crippen LogP contribution in [0.1, 0.15) is 63.5 Å². The van der Waals surface area contributed by atoms with E-state index in [1.165, 1.54) is 10.8 Å². The van der Waals surface area contributed by atoms with Gasteiger partial charge in [0.05, 0.1) is 21.7 Å². The Bertz CT molecular complexity index is 1350.